The number of hydrogen-bond acceptors (Lipinski definition) is 3. The lowest BCUT2D eigenvalue weighted by Gasteiger charge is -2.08. The van der Waals surface area contributed by atoms with Gasteiger partial charge >= 0.3 is 5.97 Å². The molecule has 0 fully saturated rings. The summed E-state index contributed by atoms with van der Waals surface area (Å²) in [5.41, 5.74) is 0.619. The summed E-state index contributed by atoms with van der Waals surface area (Å²) in [6.45, 7) is 1.88. The highest BCUT2D eigenvalue weighted by molar-refractivity contribution is 5.84. The molecule has 1 aromatic heterocycles. The van der Waals surface area contributed by atoms with Gasteiger partial charge in [-0.1, -0.05) is 18.2 Å². The summed E-state index contributed by atoms with van der Waals surface area (Å²) >= 11 is 0. The fraction of sp³-hybridized carbons (Fsp3) is 0.0833. The van der Waals surface area contributed by atoms with Crippen LogP contribution in [0.5, 0.6) is 0 Å². The first-order valence-electron chi connectivity index (χ1n) is 4.99. The summed E-state index contributed by atoms with van der Waals surface area (Å²) in [6.07, 6.45) is 1.46. The van der Waals surface area contributed by atoms with Gasteiger partial charge in [-0.25, -0.2) is 9.48 Å². The van der Waals surface area contributed by atoms with E-state index in [-0.39, 0.29) is 0 Å². The molecule has 0 saturated heterocycles. The number of carboxylic acids is 1. The number of aromatic carboxylic acids is 1. The van der Waals surface area contributed by atoms with Gasteiger partial charge in [-0.3, -0.25) is 4.79 Å². The summed E-state index contributed by atoms with van der Waals surface area (Å²) in [5.74, 6) is -1.32. The molecule has 0 radical (unpaired) electrons. The fourth-order valence-corrected chi connectivity index (χ4v) is 1.51. The summed E-state index contributed by atoms with van der Waals surface area (Å²) < 4.78 is 1.39. The molecule has 0 aliphatic heterocycles. The van der Waals surface area contributed by atoms with Crippen molar-refractivity contribution in [3.05, 3.63) is 58.0 Å². The second kappa shape index (κ2) is 4.21. The Bertz CT molecular complexity index is 632. The maximum atomic E-state index is 11.3. The van der Waals surface area contributed by atoms with Gasteiger partial charge in [0.15, 0.2) is 0 Å². The van der Waals surface area contributed by atoms with Crippen LogP contribution in [0.4, 0.5) is 0 Å². The van der Waals surface area contributed by atoms with Gasteiger partial charge in [0.1, 0.15) is 0 Å². The first-order chi connectivity index (χ1) is 8.09. The normalized spacial score (nSPS) is 10.2. The Hall–Kier alpha value is -2.43. The van der Waals surface area contributed by atoms with E-state index in [0.717, 1.165) is 11.3 Å². The maximum Gasteiger partial charge on any atom is 0.360 e. The Kier molecular flexibility index (Phi) is 2.74. The molecule has 1 heterocycles. The molecule has 1 N–H and O–H groups in total. The predicted molar refractivity (Wildman–Crippen MR) is 61.5 cm³/mol. The van der Waals surface area contributed by atoms with Gasteiger partial charge in [0.25, 0.3) is 0 Å². The molecule has 0 amide bonds. The van der Waals surface area contributed by atoms with Crippen LogP contribution in [0.3, 0.4) is 0 Å². The smallest absolute Gasteiger partial charge is 0.360 e. The molecule has 0 aliphatic rings. The number of carbonyl (C=O) groups is 1. The molecule has 0 spiro atoms. The van der Waals surface area contributed by atoms with E-state index >= 15 is 0 Å². The van der Waals surface area contributed by atoms with Crippen molar-refractivity contribution in [3.8, 4) is 5.69 Å². The minimum atomic E-state index is -1.32. The average molecular weight is 230 g/mol. The van der Waals surface area contributed by atoms with Crippen LogP contribution in [-0.2, 0) is 0 Å². The van der Waals surface area contributed by atoms with E-state index in [1.165, 1.54) is 16.9 Å². The van der Waals surface area contributed by atoms with Crippen molar-refractivity contribution in [2.75, 3.05) is 0 Å². The number of nitrogens with zero attached hydrogens (tertiary/aromatic N) is 2. The molecule has 86 valence electrons. The van der Waals surface area contributed by atoms with Crippen LogP contribution >= 0.6 is 0 Å². The van der Waals surface area contributed by atoms with Crippen molar-refractivity contribution >= 4 is 5.97 Å². The molecule has 0 bridgehead atoms. The van der Waals surface area contributed by atoms with E-state index < -0.39 is 17.1 Å². The third kappa shape index (κ3) is 2.08. The maximum absolute atomic E-state index is 11.3. The van der Waals surface area contributed by atoms with E-state index in [4.69, 9.17) is 5.11 Å². The number of para-hydroxylation sites is 1. The second-order valence-electron chi connectivity index (χ2n) is 3.56. The topological polar surface area (TPSA) is 72.2 Å². The molecule has 5 nitrogen and oxygen atoms in total. The zero-order valence-corrected chi connectivity index (χ0v) is 9.12. The van der Waals surface area contributed by atoms with E-state index in [9.17, 15) is 9.59 Å². The third-order valence-corrected chi connectivity index (χ3v) is 2.37. The Morgan fingerprint density at radius 1 is 1.29 bits per heavy atom. The second-order valence-corrected chi connectivity index (χ2v) is 3.56. The molecule has 2 aromatic rings. The van der Waals surface area contributed by atoms with Crippen molar-refractivity contribution in [3.63, 3.8) is 0 Å². The SMILES string of the molecule is Cc1ccccc1-n1ccc(=O)c(C(=O)O)n1. The lowest BCUT2D eigenvalue weighted by atomic mass is 10.2. The van der Waals surface area contributed by atoms with Crippen molar-refractivity contribution < 1.29 is 9.90 Å². The van der Waals surface area contributed by atoms with Gasteiger partial charge in [-0.15, -0.1) is 0 Å². The van der Waals surface area contributed by atoms with Crippen LogP contribution < -0.4 is 5.43 Å². The molecule has 2 rings (SSSR count). The highest BCUT2D eigenvalue weighted by Gasteiger charge is 2.11. The van der Waals surface area contributed by atoms with E-state index in [2.05, 4.69) is 5.10 Å². The average Bonchev–Trinajstić information content (AvgIpc) is 2.30. The lowest BCUT2D eigenvalue weighted by molar-refractivity contribution is 0.0687. The van der Waals surface area contributed by atoms with Crippen LogP contribution in [0.2, 0.25) is 0 Å². The number of rotatable bonds is 2. The van der Waals surface area contributed by atoms with Crippen molar-refractivity contribution in [2.24, 2.45) is 0 Å². The number of benzene rings is 1. The Morgan fingerprint density at radius 3 is 2.65 bits per heavy atom. The predicted octanol–water partition coefficient (Wildman–Crippen LogP) is 1.24. The fourth-order valence-electron chi connectivity index (χ4n) is 1.51. The molecule has 1 aromatic carbocycles. The summed E-state index contributed by atoms with van der Waals surface area (Å²) in [4.78, 5) is 22.1. The Labute approximate surface area is 97.0 Å². The van der Waals surface area contributed by atoms with Crippen molar-refractivity contribution in [1.29, 1.82) is 0 Å². The minimum absolute atomic E-state index is 0.476. The quantitative estimate of drug-likeness (QED) is 0.842. The van der Waals surface area contributed by atoms with Gasteiger partial charge in [-0.05, 0) is 18.6 Å². The van der Waals surface area contributed by atoms with E-state index in [1.807, 2.05) is 25.1 Å². The van der Waals surface area contributed by atoms with Crippen LogP contribution in [0, 0.1) is 6.92 Å². The zero-order chi connectivity index (χ0) is 12.4. The van der Waals surface area contributed by atoms with Gasteiger partial charge in [0.2, 0.25) is 11.1 Å². The molecule has 0 unspecified atom stereocenters. The standard InChI is InChI=1S/C12H10N2O3/c1-8-4-2-3-5-9(8)14-7-6-10(15)11(13-14)12(16)17/h2-7H,1H3,(H,16,17). The molecule has 17 heavy (non-hydrogen) atoms. The van der Waals surface area contributed by atoms with Gasteiger partial charge in [0.05, 0.1) is 5.69 Å². The number of aryl methyl sites for hydroxylation is 1. The number of carboxylic acid groups (broad SMARTS) is 1. The van der Waals surface area contributed by atoms with Gasteiger partial charge in [-0.2, -0.15) is 5.10 Å². The Morgan fingerprint density at radius 2 is 2.00 bits per heavy atom. The minimum Gasteiger partial charge on any atom is -0.476 e. The molecule has 5 heteroatoms. The molecular weight excluding hydrogens is 220 g/mol. The third-order valence-electron chi connectivity index (χ3n) is 2.37. The monoisotopic (exact) mass is 230 g/mol. The van der Waals surface area contributed by atoms with Crippen LogP contribution in [0.1, 0.15) is 16.1 Å². The molecule has 0 atom stereocenters. The van der Waals surface area contributed by atoms with Crippen LogP contribution in [0.15, 0.2) is 41.3 Å². The summed E-state index contributed by atoms with van der Waals surface area (Å²) in [5, 5.41) is 12.6. The first-order valence-corrected chi connectivity index (χ1v) is 4.99. The van der Waals surface area contributed by atoms with E-state index in [1.54, 1.807) is 6.07 Å². The highest BCUT2D eigenvalue weighted by atomic mass is 16.4. The van der Waals surface area contributed by atoms with Crippen molar-refractivity contribution in [1.82, 2.24) is 9.78 Å². The summed E-state index contributed by atoms with van der Waals surface area (Å²) in [7, 11) is 0. The number of hydrogen-bond donors (Lipinski definition) is 1. The van der Waals surface area contributed by atoms with Crippen molar-refractivity contribution in [2.45, 2.75) is 6.92 Å². The van der Waals surface area contributed by atoms with Crippen LogP contribution in [0.25, 0.3) is 5.69 Å². The highest BCUT2D eigenvalue weighted by Crippen LogP contribution is 2.10. The van der Waals surface area contributed by atoms with Crippen LogP contribution in [-0.4, -0.2) is 20.9 Å². The van der Waals surface area contributed by atoms with Gasteiger partial charge in [0, 0.05) is 12.3 Å². The molecular formula is C12H10N2O3. The largest absolute Gasteiger partial charge is 0.476 e. The van der Waals surface area contributed by atoms with Gasteiger partial charge < -0.3 is 5.11 Å². The lowest BCUT2D eigenvalue weighted by Crippen LogP contribution is -2.20. The summed E-state index contributed by atoms with van der Waals surface area (Å²) in [6, 6.07) is 8.58. The molecule has 0 saturated carbocycles. The molecule has 0 aliphatic carbocycles. The zero-order valence-electron chi connectivity index (χ0n) is 9.12. The first kappa shape index (κ1) is 11.1. The van der Waals surface area contributed by atoms with E-state index in [0.29, 0.717) is 0 Å². The number of aromatic nitrogens is 2. The Balaban J connectivity index is 2.62.